The molecular formula is C23H18ClFN4O4. The lowest BCUT2D eigenvalue weighted by atomic mass is 10.0. The Morgan fingerprint density at radius 1 is 1.18 bits per heavy atom. The van der Waals surface area contributed by atoms with Crippen LogP contribution in [0.25, 0.3) is 16.9 Å². The van der Waals surface area contributed by atoms with Gasteiger partial charge in [-0.15, -0.1) is 0 Å². The summed E-state index contributed by atoms with van der Waals surface area (Å²) in [5, 5.41) is 10.9. The average Bonchev–Trinajstić information content (AvgIpc) is 3.42. The predicted molar refractivity (Wildman–Crippen MR) is 119 cm³/mol. The number of nitrogens with one attached hydrogen (secondary N) is 1. The van der Waals surface area contributed by atoms with E-state index in [4.69, 9.17) is 20.9 Å². The highest BCUT2D eigenvalue weighted by Crippen LogP contribution is 2.33. The summed E-state index contributed by atoms with van der Waals surface area (Å²) >= 11 is 6.13. The third-order valence-corrected chi connectivity index (χ3v) is 5.07. The van der Waals surface area contributed by atoms with Crippen LogP contribution in [0.5, 0.6) is 0 Å². The van der Waals surface area contributed by atoms with Crippen LogP contribution in [0.4, 0.5) is 10.1 Å². The van der Waals surface area contributed by atoms with Crippen LogP contribution in [0.15, 0.2) is 59.3 Å². The number of nitrogens with zero attached hydrogens (tertiary/aromatic N) is 3. The standard InChI is InChI=1S/C23H18ClFN4O4/c1-3-32-23(31)18-11-12-29(27-18)15-9-7-14(8-10-15)26-22(30)19-13(2)33-28-21(19)20-16(24)5-4-6-17(20)25/h4-12H,3H2,1-2H3,(H,26,30). The van der Waals surface area contributed by atoms with Crippen LogP contribution < -0.4 is 5.32 Å². The lowest BCUT2D eigenvalue weighted by Gasteiger charge is -2.08. The smallest absolute Gasteiger partial charge is 0.358 e. The van der Waals surface area contributed by atoms with E-state index in [-0.39, 0.29) is 39.9 Å². The molecule has 0 unspecified atom stereocenters. The average molecular weight is 469 g/mol. The van der Waals surface area contributed by atoms with E-state index in [0.29, 0.717) is 11.4 Å². The summed E-state index contributed by atoms with van der Waals surface area (Å²) in [4.78, 5) is 24.7. The maximum atomic E-state index is 14.4. The molecular weight excluding hydrogens is 451 g/mol. The Hall–Kier alpha value is -3.98. The van der Waals surface area contributed by atoms with Gasteiger partial charge in [0.05, 0.1) is 22.9 Å². The topological polar surface area (TPSA) is 99.2 Å². The predicted octanol–water partition coefficient (Wildman–Crippen LogP) is 5.06. The number of hydrogen-bond acceptors (Lipinski definition) is 6. The molecule has 0 fully saturated rings. The van der Waals surface area contributed by atoms with E-state index in [0.717, 1.165) is 0 Å². The highest BCUT2D eigenvalue weighted by molar-refractivity contribution is 6.33. The van der Waals surface area contributed by atoms with Gasteiger partial charge in [-0.25, -0.2) is 13.9 Å². The molecule has 4 rings (SSSR count). The summed E-state index contributed by atoms with van der Waals surface area (Å²) in [5.41, 5.74) is 1.44. The summed E-state index contributed by atoms with van der Waals surface area (Å²) in [6.45, 7) is 3.54. The zero-order chi connectivity index (χ0) is 23.5. The van der Waals surface area contributed by atoms with E-state index in [1.165, 1.54) is 22.9 Å². The molecule has 33 heavy (non-hydrogen) atoms. The minimum atomic E-state index is -0.615. The number of hydrogen-bond donors (Lipinski definition) is 1. The number of ether oxygens (including phenoxy) is 1. The molecule has 4 aromatic rings. The summed E-state index contributed by atoms with van der Waals surface area (Å²) in [6, 6.07) is 12.5. The first-order chi connectivity index (χ1) is 15.9. The van der Waals surface area contributed by atoms with Gasteiger partial charge < -0.3 is 14.6 Å². The lowest BCUT2D eigenvalue weighted by molar-refractivity contribution is 0.0519. The van der Waals surface area contributed by atoms with E-state index in [1.54, 1.807) is 50.4 Å². The van der Waals surface area contributed by atoms with Gasteiger partial charge in [-0.2, -0.15) is 5.10 Å². The van der Waals surface area contributed by atoms with E-state index in [9.17, 15) is 14.0 Å². The van der Waals surface area contributed by atoms with Gasteiger partial charge in [0.25, 0.3) is 5.91 Å². The molecule has 10 heteroatoms. The molecule has 2 aromatic heterocycles. The molecule has 8 nitrogen and oxygen atoms in total. The second-order valence-corrected chi connectivity index (χ2v) is 7.33. The lowest BCUT2D eigenvalue weighted by Crippen LogP contribution is -2.14. The molecule has 0 spiro atoms. The Morgan fingerprint density at radius 2 is 1.94 bits per heavy atom. The number of rotatable bonds is 6. The van der Waals surface area contributed by atoms with Gasteiger partial charge in [0.2, 0.25) is 0 Å². The first-order valence-electron chi connectivity index (χ1n) is 9.94. The highest BCUT2D eigenvalue weighted by atomic mass is 35.5. The minimum Gasteiger partial charge on any atom is -0.461 e. The van der Waals surface area contributed by atoms with Crippen molar-refractivity contribution in [2.24, 2.45) is 0 Å². The van der Waals surface area contributed by atoms with Crippen molar-refractivity contribution in [1.82, 2.24) is 14.9 Å². The molecule has 1 N–H and O–H groups in total. The molecule has 1 amide bonds. The van der Waals surface area contributed by atoms with E-state index < -0.39 is 17.7 Å². The molecule has 0 aliphatic heterocycles. The molecule has 2 aromatic carbocycles. The van der Waals surface area contributed by atoms with Crippen LogP contribution >= 0.6 is 11.6 Å². The zero-order valence-corrected chi connectivity index (χ0v) is 18.4. The molecule has 0 saturated carbocycles. The first-order valence-corrected chi connectivity index (χ1v) is 10.3. The molecule has 0 saturated heterocycles. The van der Waals surface area contributed by atoms with Gasteiger partial charge in [0, 0.05) is 11.9 Å². The van der Waals surface area contributed by atoms with Gasteiger partial charge in [0.1, 0.15) is 22.8 Å². The molecule has 0 bridgehead atoms. The summed E-state index contributed by atoms with van der Waals surface area (Å²) in [7, 11) is 0. The van der Waals surface area contributed by atoms with Crippen LogP contribution in [0.1, 0.15) is 33.5 Å². The van der Waals surface area contributed by atoms with Crippen molar-refractivity contribution >= 4 is 29.2 Å². The molecule has 0 aliphatic carbocycles. The van der Waals surface area contributed by atoms with E-state index in [2.05, 4.69) is 15.6 Å². The number of anilines is 1. The number of aryl methyl sites for hydroxylation is 1. The van der Waals surface area contributed by atoms with Gasteiger partial charge >= 0.3 is 5.97 Å². The molecule has 168 valence electrons. The van der Waals surface area contributed by atoms with Gasteiger partial charge in [-0.3, -0.25) is 4.79 Å². The third-order valence-electron chi connectivity index (χ3n) is 4.75. The Balaban J connectivity index is 1.55. The van der Waals surface area contributed by atoms with Crippen LogP contribution in [0.2, 0.25) is 5.02 Å². The number of amides is 1. The maximum Gasteiger partial charge on any atom is 0.358 e. The fourth-order valence-electron chi connectivity index (χ4n) is 3.21. The Bertz CT molecular complexity index is 1310. The largest absolute Gasteiger partial charge is 0.461 e. The maximum absolute atomic E-state index is 14.4. The van der Waals surface area contributed by atoms with Crippen molar-refractivity contribution in [2.45, 2.75) is 13.8 Å². The molecule has 0 atom stereocenters. The fourth-order valence-corrected chi connectivity index (χ4v) is 3.46. The van der Waals surface area contributed by atoms with Gasteiger partial charge in [0.15, 0.2) is 5.69 Å². The minimum absolute atomic E-state index is 0.00685. The SMILES string of the molecule is CCOC(=O)c1ccn(-c2ccc(NC(=O)c3c(-c4c(F)cccc4Cl)noc3C)cc2)n1. The number of carbonyl (C=O) groups is 2. The van der Waals surface area contributed by atoms with Crippen molar-refractivity contribution in [3.63, 3.8) is 0 Å². The summed E-state index contributed by atoms with van der Waals surface area (Å²) in [6.07, 6.45) is 1.63. The van der Waals surface area contributed by atoms with Crippen molar-refractivity contribution in [3.05, 3.63) is 82.6 Å². The van der Waals surface area contributed by atoms with Crippen molar-refractivity contribution in [1.29, 1.82) is 0 Å². The molecule has 0 aliphatic rings. The van der Waals surface area contributed by atoms with Gasteiger partial charge in [-0.1, -0.05) is 22.8 Å². The molecule has 2 heterocycles. The Morgan fingerprint density at radius 3 is 2.64 bits per heavy atom. The number of halogens is 2. The summed E-state index contributed by atoms with van der Waals surface area (Å²) in [5.74, 6) is -1.42. The normalized spacial score (nSPS) is 10.8. The monoisotopic (exact) mass is 468 g/mol. The van der Waals surface area contributed by atoms with Gasteiger partial charge in [-0.05, 0) is 56.3 Å². The van der Waals surface area contributed by atoms with Crippen LogP contribution in [0, 0.1) is 12.7 Å². The highest BCUT2D eigenvalue weighted by Gasteiger charge is 2.25. The number of esters is 1. The fraction of sp³-hybridized carbons (Fsp3) is 0.130. The third kappa shape index (κ3) is 4.49. The summed E-state index contributed by atoms with van der Waals surface area (Å²) < 4.78 is 26.0. The quantitative estimate of drug-likeness (QED) is 0.397. The number of benzene rings is 2. The first kappa shape index (κ1) is 22.2. The second kappa shape index (κ2) is 9.25. The van der Waals surface area contributed by atoms with Crippen LogP contribution in [0.3, 0.4) is 0 Å². The number of aromatic nitrogens is 3. The zero-order valence-electron chi connectivity index (χ0n) is 17.6. The number of carbonyl (C=O) groups excluding carboxylic acids is 2. The van der Waals surface area contributed by atoms with E-state index >= 15 is 0 Å². The van der Waals surface area contributed by atoms with Crippen molar-refractivity contribution in [2.75, 3.05) is 11.9 Å². The van der Waals surface area contributed by atoms with Crippen molar-refractivity contribution in [3.8, 4) is 16.9 Å². The van der Waals surface area contributed by atoms with Crippen LogP contribution in [-0.4, -0.2) is 33.4 Å². The Labute approximate surface area is 192 Å². The van der Waals surface area contributed by atoms with Crippen LogP contribution in [-0.2, 0) is 4.74 Å². The molecule has 0 radical (unpaired) electrons. The Kier molecular flexibility index (Phi) is 6.23. The second-order valence-electron chi connectivity index (χ2n) is 6.93. The van der Waals surface area contributed by atoms with E-state index in [1.807, 2.05) is 0 Å². The van der Waals surface area contributed by atoms with Crippen molar-refractivity contribution < 1.29 is 23.2 Å².